The van der Waals surface area contributed by atoms with E-state index in [0.717, 1.165) is 28.2 Å². The van der Waals surface area contributed by atoms with E-state index in [9.17, 15) is 5.11 Å². The summed E-state index contributed by atoms with van der Waals surface area (Å²) in [5.41, 5.74) is 5.56. The summed E-state index contributed by atoms with van der Waals surface area (Å²) in [7, 11) is 0. The number of aryl methyl sites for hydroxylation is 3. The summed E-state index contributed by atoms with van der Waals surface area (Å²) in [5.74, 6) is 0.685. The highest BCUT2D eigenvalue weighted by Gasteiger charge is 2.08. The van der Waals surface area contributed by atoms with Crippen molar-refractivity contribution in [2.75, 3.05) is 0 Å². The number of imidazole rings is 1. The number of aliphatic hydroxyl groups excluding tert-OH is 1. The summed E-state index contributed by atoms with van der Waals surface area (Å²) < 4.78 is 1.86. The Morgan fingerprint density at radius 1 is 1.09 bits per heavy atom. The van der Waals surface area contributed by atoms with Crippen LogP contribution in [0.25, 0.3) is 5.65 Å². The lowest BCUT2D eigenvalue weighted by molar-refractivity contribution is 0.281. The standard InChI is InChI=1S/C17H18N4O/c1-11-4-6-15(12(2)8-11)19-20-17-13(3)18-16-7-5-14(10-22)9-21(16)17/h4-9,22H,10H2,1-3H3. The molecule has 22 heavy (non-hydrogen) atoms. The average Bonchev–Trinajstić information content (AvgIpc) is 2.81. The van der Waals surface area contributed by atoms with Crippen LogP contribution in [0.2, 0.25) is 0 Å². The minimum Gasteiger partial charge on any atom is -0.392 e. The molecular formula is C17H18N4O. The van der Waals surface area contributed by atoms with Gasteiger partial charge in [0.05, 0.1) is 18.0 Å². The van der Waals surface area contributed by atoms with E-state index in [1.807, 2.05) is 48.7 Å². The van der Waals surface area contributed by atoms with Gasteiger partial charge in [-0.2, -0.15) is 0 Å². The van der Waals surface area contributed by atoms with Crippen molar-refractivity contribution in [1.82, 2.24) is 9.38 Å². The first-order valence-electron chi connectivity index (χ1n) is 7.16. The summed E-state index contributed by atoms with van der Waals surface area (Å²) in [6.07, 6.45) is 1.84. The second-order valence-electron chi connectivity index (χ2n) is 5.43. The zero-order chi connectivity index (χ0) is 15.7. The van der Waals surface area contributed by atoms with Gasteiger partial charge in [0.2, 0.25) is 0 Å². The van der Waals surface area contributed by atoms with E-state index in [0.29, 0.717) is 5.82 Å². The third-order valence-electron chi connectivity index (χ3n) is 3.61. The van der Waals surface area contributed by atoms with Gasteiger partial charge in [0.1, 0.15) is 5.65 Å². The normalized spacial score (nSPS) is 11.6. The molecule has 2 aromatic heterocycles. The van der Waals surface area contributed by atoms with Crippen LogP contribution in [0.5, 0.6) is 0 Å². The van der Waals surface area contributed by atoms with Crippen LogP contribution in [0.1, 0.15) is 22.4 Å². The van der Waals surface area contributed by atoms with Gasteiger partial charge in [0.25, 0.3) is 0 Å². The van der Waals surface area contributed by atoms with E-state index >= 15 is 0 Å². The van der Waals surface area contributed by atoms with E-state index in [2.05, 4.69) is 28.2 Å². The van der Waals surface area contributed by atoms with Crippen LogP contribution in [0.15, 0.2) is 46.8 Å². The molecule has 0 spiro atoms. The number of hydrogen-bond donors (Lipinski definition) is 1. The Labute approximate surface area is 129 Å². The van der Waals surface area contributed by atoms with Crippen molar-refractivity contribution in [2.24, 2.45) is 10.2 Å². The average molecular weight is 294 g/mol. The second kappa shape index (κ2) is 5.69. The van der Waals surface area contributed by atoms with Gasteiger partial charge in [0, 0.05) is 6.20 Å². The molecule has 112 valence electrons. The summed E-state index contributed by atoms with van der Waals surface area (Å²) in [6.45, 7) is 5.97. The molecule has 5 heteroatoms. The highest BCUT2D eigenvalue weighted by atomic mass is 16.3. The van der Waals surface area contributed by atoms with Crippen LogP contribution in [-0.2, 0) is 6.61 Å². The van der Waals surface area contributed by atoms with Crippen LogP contribution >= 0.6 is 0 Å². The van der Waals surface area contributed by atoms with Crippen molar-refractivity contribution < 1.29 is 5.11 Å². The zero-order valence-corrected chi connectivity index (χ0v) is 12.9. The van der Waals surface area contributed by atoms with Crippen LogP contribution in [0, 0.1) is 20.8 Å². The summed E-state index contributed by atoms with van der Waals surface area (Å²) >= 11 is 0. The molecule has 2 heterocycles. The van der Waals surface area contributed by atoms with Gasteiger partial charge in [-0.15, -0.1) is 10.2 Å². The molecule has 3 rings (SSSR count). The van der Waals surface area contributed by atoms with E-state index < -0.39 is 0 Å². The molecular weight excluding hydrogens is 276 g/mol. The molecule has 1 N–H and O–H groups in total. The Bertz CT molecular complexity index is 864. The lowest BCUT2D eigenvalue weighted by Crippen LogP contribution is -1.89. The maximum atomic E-state index is 9.28. The number of azo groups is 1. The van der Waals surface area contributed by atoms with E-state index in [-0.39, 0.29) is 6.61 Å². The number of pyridine rings is 1. The molecule has 0 bridgehead atoms. The maximum Gasteiger partial charge on any atom is 0.182 e. The number of benzene rings is 1. The van der Waals surface area contributed by atoms with Crippen LogP contribution in [0.3, 0.4) is 0 Å². The van der Waals surface area contributed by atoms with Crippen LogP contribution < -0.4 is 0 Å². The zero-order valence-electron chi connectivity index (χ0n) is 12.9. The van der Waals surface area contributed by atoms with Crippen molar-refractivity contribution in [1.29, 1.82) is 0 Å². The Morgan fingerprint density at radius 3 is 2.64 bits per heavy atom. The van der Waals surface area contributed by atoms with Gasteiger partial charge in [-0.25, -0.2) is 4.98 Å². The fraction of sp³-hybridized carbons (Fsp3) is 0.235. The molecule has 0 aliphatic carbocycles. The number of hydrogen-bond acceptors (Lipinski definition) is 4. The van der Waals surface area contributed by atoms with Gasteiger partial charge in [-0.1, -0.05) is 23.8 Å². The van der Waals surface area contributed by atoms with E-state index in [4.69, 9.17) is 0 Å². The Kier molecular flexibility index (Phi) is 3.73. The Hall–Kier alpha value is -2.53. The molecule has 0 radical (unpaired) electrons. The molecule has 0 aliphatic heterocycles. The Balaban J connectivity index is 2.06. The minimum atomic E-state index is -0.0131. The van der Waals surface area contributed by atoms with E-state index in [1.165, 1.54) is 5.56 Å². The molecule has 5 nitrogen and oxygen atoms in total. The van der Waals surface area contributed by atoms with Crippen molar-refractivity contribution in [3.8, 4) is 0 Å². The van der Waals surface area contributed by atoms with Gasteiger partial charge in [0.15, 0.2) is 5.82 Å². The smallest absolute Gasteiger partial charge is 0.182 e. The van der Waals surface area contributed by atoms with E-state index in [1.54, 1.807) is 0 Å². The fourth-order valence-corrected chi connectivity index (χ4v) is 2.43. The first kappa shape index (κ1) is 14.4. The van der Waals surface area contributed by atoms with Crippen molar-refractivity contribution in [2.45, 2.75) is 27.4 Å². The summed E-state index contributed by atoms with van der Waals surface area (Å²) in [4.78, 5) is 4.46. The van der Waals surface area contributed by atoms with Gasteiger partial charge in [-0.05, 0) is 44.0 Å². The lowest BCUT2D eigenvalue weighted by atomic mass is 10.1. The monoisotopic (exact) mass is 294 g/mol. The molecule has 0 atom stereocenters. The first-order chi connectivity index (χ1) is 10.6. The Morgan fingerprint density at radius 2 is 1.91 bits per heavy atom. The first-order valence-corrected chi connectivity index (χ1v) is 7.16. The molecule has 0 aliphatic rings. The SMILES string of the molecule is Cc1ccc(N=Nc2c(C)nc3ccc(CO)cn23)c(C)c1. The third kappa shape index (κ3) is 2.63. The van der Waals surface area contributed by atoms with Crippen molar-refractivity contribution in [3.05, 3.63) is 58.9 Å². The lowest BCUT2D eigenvalue weighted by Gasteiger charge is -2.01. The number of nitrogens with zero attached hydrogens (tertiary/aromatic N) is 4. The van der Waals surface area contributed by atoms with Gasteiger partial charge < -0.3 is 5.11 Å². The molecule has 0 unspecified atom stereocenters. The molecule has 3 aromatic rings. The predicted molar refractivity (Wildman–Crippen MR) is 85.9 cm³/mol. The number of fused-ring (bicyclic) bond motifs is 1. The minimum absolute atomic E-state index is 0.0131. The van der Waals surface area contributed by atoms with Crippen LogP contribution in [0.4, 0.5) is 11.5 Å². The third-order valence-corrected chi connectivity index (χ3v) is 3.61. The van der Waals surface area contributed by atoms with Gasteiger partial charge >= 0.3 is 0 Å². The highest BCUT2D eigenvalue weighted by molar-refractivity contribution is 5.53. The fourth-order valence-electron chi connectivity index (χ4n) is 2.43. The largest absolute Gasteiger partial charge is 0.392 e. The second-order valence-corrected chi connectivity index (χ2v) is 5.43. The topological polar surface area (TPSA) is 62.2 Å². The number of rotatable bonds is 3. The molecule has 0 saturated carbocycles. The molecule has 0 amide bonds. The van der Waals surface area contributed by atoms with Crippen LogP contribution in [-0.4, -0.2) is 14.5 Å². The summed E-state index contributed by atoms with van der Waals surface area (Å²) in [6, 6.07) is 9.79. The molecule has 0 fully saturated rings. The molecule has 1 aromatic carbocycles. The highest BCUT2D eigenvalue weighted by Crippen LogP contribution is 2.26. The quantitative estimate of drug-likeness (QED) is 0.737. The number of aliphatic hydroxyl groups is 1. The molecule has 0 saturated heterocycles. The maximum absolute atomic E-state index is 9.28. The predicted octanol–water partition coefficient (Wildman–Crippen LogP) is 4.17. The van der Waals surface area contributed by atoms with Crippen molar-refractivity contribution in [3.63, 3.8) is 0 Å². The number of aromatic nitrogens is 2. The van der Waals surface area contributed by atoms with Crippen molar-refractivity contribution >= 4 is 17.2 Å². The summed E-state index contributed by atoms with van der Waals surface area (Å²) in [5, 5.41) is 18.0. The van der Waals surface area contributed by atoms with Gasteiger partial charge in [-0.3, -0.25) is 4.40 Å².